The molecule has 0 radical (unpaired) electrons. The van der Waals surface area contributed by atoms with Crippen molar-refractivity contribution in [1.29, 1.82) is 0 Å². The number of carbonyl (C=O) groups excluding carboxylic acids is 1. The summed E-state index contributed by atoms with van der Waals surface area (Å²) in [4.78, 5) is 12.1. The molecule has 0 bridgehead atoms. The third-order valence-corrected chi connectivity index (χ3v) is 10.4. The minimum absolute atomic E-state index is 0.00408. The van der Waals surface area contributed by atoms with Crippen LogP contribution in [0.15, 0.2) is 6.07 Å². The molecule has 1 aromatic carbocycles. The average Bonchev–Trinajstić information content (AvgIpc) is 2.37. The van der Waals surface area contributed by atoms with E-state index < -0.39 is 34.0 Å². The van der Waals surface area contributed by atoms with Gasteiger partial charge in [0.15, 0.2) is 0 Å². The van der Waals surface area contributed by atoms with Gasteiger partial charge < -0.3 is 5.32 Å². The second kappa shape index (κ2) is 8.33. The van der Waals surface area contributed by atoms with Crippen LogP contribution in [0.25, 0.3) is 0 Å². The van der Waals surface area contributed by atoms with Crippen molar-refractivity contribution in [3.63, 3.8) is 0 Å². The van der Waals surface area contributed by atoms with Crippen molar-refractivity contribution >= 4 is 106 Å². The molecule has 0 saturated carbocycles. The maximum Gasteiger partial charge on any atom is 0.409 e. The van der Waals surface area contributed by atoms with Gasteiger partial charge in [0, 0.05) is 14.3 Å². The molecular weight excluding hydrogens is 795 g/mol. The van der Waals surface area contributed by atoms with Crippen LogP contribution in [0.2, 0.25) is 0 Å². The normalized spacial score (nSPS) is 13.7. The summed E-state index contributed by atoms with van der Waals surface area (Å²) in [5.41, 5.74) is 0.00408. The standard InChI is InChI=1S/C10H6F3I4NO4S/c11-10(12,13)5(2-23(20,21)22)18-9(19)3-1-4(14)7(16)8(17)6(3)15/h1,5H,2H2,(H,18,19)(H,20,21,22). The van der Waals surface area contributed by atoms with E-state index in [4.69, 9.17) is 4.55 Å². The Morgan fingerprint density at radius 2 is 1.70 bits per heavy atom. The number of halogens is 7. The van der Waals surface area contributed by atoms with E-state index in [1.807, 2.05) is 90.4 Å². The Hall–Kier alpha value is 1.31. The molecule has 1 aromatic rings. The van der Waals surface area contributed by atoms with Crippen LogP contribution in [0.4, 0.5) is 13.2 Å². The van der Waals surface area contributed by atoms with E-state index in [9.17, 15) is 26.4 Å². The first-order valence-electron chi connectivity index (χ1n) is 5.39. The summed E-state index contributed by atoms with van der Waals surface area (Å²) < 4.78 is 71.3. The summed E-state index contributed by atoms with van der Waals surface area (Å²) in [6, 6.07) is -1.28. The Morgan fingerprint density at radius 1 is 1.17 bits per heavy atom. The van der Waals surface area contributed by atoms with E-state index in [0.29, 0.717) is 10.7 Å². The smallest absolute Gasteiger partial charge is 0.339 e. The molecule has 0 aliphatic carbocycles. The van der Waals surface area contributed by atoms with Gasteiger partial charge in [-0.05, 0) is 96.4 Å². The Balaban J connectivity index is 3.19. The van der Waals surface area contributed by atoms with Crippen molar-refractivity contribution in [2.24, 2.45) is 0 Å². The molecule has 1 atom stereocenters. The second-order valence-corrected chi connectivity index (χ2v) is 10.1. The Morgan fingerprint density at radius 3 is 2.13 bits per heavy atom. The summed E-state index contributed by atoms with van der Waals surface area (Å²) in [5, 5.41) is 1.63. The molecular formula is C10H6F3I4NO4S. The van der Waals surface area contributed by atoms with Gasteiger partial charge in [0.2, 0.25) is 0 Å². The van der Waals surface area contributed by atoms with Gasteiger partial charge in [-0.2, -0.15) is 21.6 Å². The molecule has 2 N–H and O–H groups in total. The fourth-order valence-electron chi connectivity index (χ4n) is 1.40. The van der Waals surface area contributed by atoms with Crippen LogP contribution in [0.3, 0.4) is 0 Å². The van der Waals surface area contributed by atoms with Gasteiger partial charge in [-0.25, -0.2) is 0 Å². The minimum Gasteiger partial charge on any atom is -0.339 e. The van der Waals surface area contributed by atoms with Crippen LogP contribution in [0, 0.1) is 14.3 Å². The molecule has 1 unspecified atom stereocenters. The molecule has 0 aliphatic rings. The quantitative estimate of drug-likeness (QED) is 0.211. The average molecular weight is 801 g/mol. The SMILES string of the molecule is O=C(NC(CS(=O)(=O)O)C(F)(F)F)c1cc(I)c(I)c(I)c1I. The van der Waals surface area contributed by atoms with Gasteiger partial charge in [-0.15, -0.1) is 0 Å². The Kier molecular flexibility index (Phi) is 8.10. The molecule has 0 spiro atoms. The van der Waals surface area contributed by atoms with E-state index >= 15 is 0 Å². The predicted octanol–water partition coefficient (Wildman–Crippen LogP) is 3.65. The van der Waals surface area contributed by atoms with Gasteiger partial charge >= 0.3 is 6.18 Å². The Bertz CT molecular complexity index is 739. The van der Waals surface area contributed by atoms with Crippen molar-refractivity contribution in [2.45, 2.75) is 12.2 Å². The highest BCUT2D eigenvalue weighted by Gasteiger charge is 2.43. The molecule has 0 heterocycles. The lowest BCUT2D eigenvalue weighted by atomic mass is 10.2. The van der Waals surface area contributed by atoms with E-state index in [0.717, 1.165) is 3.57 Å². The van der Waals surface area contributed by atoms with Crippen LogP contribution in [0.1, 0.15) is 10.4 Å². The molecule has 13 heteroatoms. The van der Waals surface area contributed by atoms with E-state index in [1.165, 1.54) is 6.07 Å². The van der Waals surface area contributed by atoms with Gasteiger partial charge in [-0.1, -0.05) is 0 Å². The molecule has 5 nitrogen and oxygen atoms in total. The summed E-state index contributed by atoms with van der Waals surface area (Å²) in [5.74, 6) is -2.70. The lowest BCUT2D eigenvalue weighted by molar-refractivity contribution is -0.148. The van der Waals surface area contributed by atoms with Gasteiger partial charge in [0.05, 0.1) is 5.56 Å². The molecule has 1 rings (SSSR count). The van der Waals surface area contributed by atoms with Crippen molar-refractivity contribution in [3.8, 4) is 0 Å². The fourth-order valence-corrected chi connectivity index (χ4v) is 5.39. The number of benzene rings is 1. The van der Waals surface area contributed by atoms with E-state index in [2.05, 4.69) is 0 Å². The number of alkyl halides is 3. The monoisotopic (exact) mass is 801 g/mol. The van der Waals surface area contributed by atoms with Crippen LogP contribution < -0.4 is 5.32 Å². The highest BCUT2D eigenvalue weighted by atomic mass is 127. The molecule has 0 saturated heterocycles. The van der Waals surface area contributed by atoms with Crippen molar-refractivity contribution < 1.29 is 30.9 Å². The number of hydrogen-bond donors (Lipinski definition) is 2. The van der Waals surface area contributed by atoms with Crippen LogP contribution in [-0.4, -0.2) is 36.8 Å². The third-order valence-electron chi connectivity index (χ3n) is 2.42. The number of amides is 1. The summed E-state index contributed by atoms with van der Waals surface area (Å²) in [7, 11) is -4.91. The van der Waals surface area contributed by atoms with Crippen LogP contribution in [-0.2, 0) is 10.1 Å². The number of carbonyl (C=O) groups is 1. The number of hydrogen-bond acceptors (Lipinski definition) is 3. The van der Waals surface area contributed by atoms with Crippen molar-refractivity contribution in [3.05, 3.63) is 25.9 Å². The first-order chi connectivity index (χ1) is 10.2. The van der Waals surface area contributed by atoms with Crippen LogP contribution >= 0.6 is 90.4 Å². The maximum absolute atomic E-state index is 12.9. The lowest BCUT2D eigenvalue weighted by Gasteiger charge is -2.21. The van der Waals surface area contributed by atoms with Gasteiger partial charge in [0.1, 0.15) is 11.8 Å². The highest BCUT2D eigenvalue weighted by Crippen LogP contribution is 2.29. The Labute approximate surface area is 184 Å². The number of nitrogens with one attached hydrogen (secondary N) is 1. The lowest BCUT2D eigenvalue weighted by Crippen LogP contribution is -2.49. The zero-order valence-electron chi connectivity index (χ0n) is 10.6. The summed E-state index contributed by atoms with van der Waals surface area (Å²) in [6.07, 6.45) is -5.01. The zero-order valence-corrected chi connectivity index (χ0v) is 20.0. The topological polar surface area (TPSA) is 83.5 Å². The number of rotatable bonds is 4. The zero-order chi connectivity index (χ0) is 18.2. The molecule has 0 aliphatic heterocycles. The van der Waals surface area contributed by atoms with E-state index in [-0.39, 0.29) is 5.56 Å². The minimum atomic E-state index is -5.01. The first-order valence-corrected chi connectivity index (χ1v) is 11.3. The molecule has 23 heavy (non-hydrogen) atoms. The summed E-state index contributed by atoms with van der Waals surface area (Å²) in [6.45, 7) is 0. The van der Waals surface area contributed by atoms with Crippen molar-refractivity contribution in [1.82, 2.24) is 5.32 Å². The highest BCUT2D eigenvalue weighted by molar-refractivity contribution is 14.1. The van der Waals surface area contributed by atoms with Crippen LogP contribution in [0.5, 0.6) is 0 Å². The van der Waals surface area contributed by atoms with Gasteiger partial charge in [-0.3, -0.25) is 9.35 Å². The second-order valence-electron chi connectivity index (χ2n) is 4.16. The predicted molar refractivity (Wildman–Crippen MR) is 111 cm³/mol. The maximum atomic E-state index is 12.9. The fraction of sp³-hybridized carbons (Fsp3) is 0.300. The van der Waals surface area contributed by atoms with Crippen molar-refractivity contribution in [2.75, 3.05) is 5.75 Å². The molecule has 1 amide bonds. The largest absolute Gasteiger partial charge is 0.409 e. The van der Waals surface area contributed by atoms with Gasteiger partial charge in [0.25, 0.3) is 16.0 Å². The third kappa shape index (κ3) is 6.51. The first kappa shape index (κ1) is 22.4. The summed E-state index contributed by atoms with van der Waals surface area (Å²) >= 11 is 7.79. The molecule has 130 valence electrons. The van der Waals surface area contributed by atoms with E-state index in [1.54, 1.807) is 5.32 Å². The molecule has 0 aromatic heterocycles. The molecule has 0 fully saturated rings.